The molecule has 0 aromatic heterocycles. The Morgan fingerprint density at radius 1 is 0.436 bits per heavy atom. The van der Waals surface area contributed by atoms with Gasteiger partial charge in [0.1, 0.15) is 12.2 Å². The molecule has 0 aromatic carbocycles. The first-order valence-corrected chi connectivity index (χ1v) is 15.0. The zero-order valence-electron chi connectivity index (χ0n) is 24.1. The Morgan fingerprint density at radius 3 is 0.897 bits per heavy atom. The number of rotatable bonds is 31. The first-order chi connectivity index (χ1) is 19.0. The lowest BCUT2D eigenvalue weighted by atomic mass is 10.2. The van der Waals surface area contributed by atoms with Crippen LogP contribution < -0.4 is 0 Å². The Morgan fingerprint density at radius 2 is 0.667 bits per heavy atom. The Hall–Kier alpha value is -0.200. The third-order valence-corrected chi connectivity index (χ3v) is 4.65. The Balaban J connectivity index is 3.09. The number of hydrogen-bond acceptors (Lipinski definition) is 12. The third-order valence-electron chi connectivity index (χ3n) is 4.21. The monoisotopic (exact) mass is 682 g/mol. The van der Waals surface area contributed by atoms with Crippen LogP contribution in [0.2, 0.25) is 0 Å². The van der Waals surface area contributed by atoms with Crippen LogP contribution >= 0.6 is 22.6 Å². The van der Waals surface area contributed by atoms with E-state index in [1.807, 2.05) is 20.8 Å². The number of carbonyl (C=O) groups is 1. The summed E-state index contributed by atoms with van der Waals surface area (Å²) in [4.78, 5) is 11.5. The summed E-state index contributed by atoms with van der Waals surface area (Å²) in [7, 11) is 0. The summed E-state index contributed by atoms with van der Waals surface area (Å²) in [6.45, 7) is 15.1. The predicted molar refractivity (Wildman–Crippen MR) is 153 cm³/mol. The first kappa shape index (κ1) is 38.8. The van der Waals surface area contributed by atoms with E-state index in [-0.39, 0.29) is 12.6 Å². The van der Waals surface area contributed by atoms with Gasteiger partial charge in [0.05, 0.1) is 126 Å². The largest absolute Gasteiger partial charge is 0.458 e. The Kier molecular flexibility index (Phi) is 30.6. The van der Waals surface area contributed by atoms with Crippen molar-refractivity contribution in [3.05, 3.63) is 0 Å². The molecule has 39 heavy (non-hydrogen) atoms. The molecule has 0 amide bonds. The molecule has 0 fully saturated rings. The van der Waals surface area contributed by atoms with Crippen LogP contribution in [0.5, 0.6) is 0 Å². The Labute approximate surface area is 248 Å². The number of halogens is 1. The van der Waals surface area contributed by atoms with Crippen molar-refractivity contribution < 1.29 is 56.9 Å². The molecular formula is C26H51IO12. The van der Waals surface area contributed by atoms with Gasteiger partial charge < -0.3 is 52.1 Å². The van der Waals surface area contributed by atoms with Crippen LogP contribution in [-0.2, 0) is 56.9 Å². The molecule has 0 spiro atoms. The molecule has 0 rings (SSSR count). The summed E-state index contributed by atoms with van der Waals surface area (Å²) in [5, 5.41) is 0. The van der Waals surface area contributed by atoms with Crippen LogP contribution in [0.1, 0.15) is 20.8 Å². The SMILES string of the molecule is CC(C)(C)OC(=O)COCCOCCOCCOCCOCCOCCOCCOCCOCCOCCI. The normalized spacial score (nSPS) is 11.8. The highest BCUT2D eigenvalue weighted by atomic mass is 127. The molecule has 0 aliphatic heterocycles. The summed E-state index contributed by atoms with van der Waals surface area (Å²) >= 11 is 2.27. The summed E-state index contributed by atoms with van der Waals surface area (Å²) < 4.78 is 60.0. The van der Waals surface area contributed by atoms with E-state index in [0.717, 1.165) is 11.0 Å². The zero-order chi connectivity index (χ0) is 28.7. The average molecular weight is 683 g/mol. The predicted octanol–water partition coefficient (Wildman–Crippen LogP) is 1.93. The molecular weight excluding hydrogens is 631 g/mol. The highest BCUT2D eigenvalue weighted by molar-refractivity contribution is 14.1. The van der Waals surface area contributed by atoms with E-state index >= 15 is 0 Å². The van der Waals surface area contributed by atoms with Crippen LogP contribution in [0.3, 0.4) is 0 Å². The van der Waals surface area contributed by atoms with Gasteiger partial charge in [-0.05, 0) is 20.8 Å². The van der Waals surface area contributed by atoms with Gasteiger partial charge in [0.15, 0.2) is 0 Å². The van der Waals surface area contributed by atoms with E-state index in [1.54, 1.807) is 0 Å². The molecule has 0 bridgehead atoms. The van der Waals surface area contributed by atoms with Crippen molar-refractivity contribution in [3.63, 3.8) is 0 Å². The van der Waals surface area contributed by atoms with Gasteiger partial charge in [-0.25, -0.2) is 4.79 Å². The maximum absolute atomic E-state index is 11.5. The maximum Gasteiger partial charge on any atom is 0.332 e. The Bertz CT molecular complexity index is 508. The lowest BCUT2D eigenvalue weighted by Gasteiger charge is -2.19. The van der Waals surface area contributed by atoms with Gasteiger partial charge in [0.2, 0.25) is 0 Å². The molecule has 0 saturated carbocycles. The van der Waals surface area contributed by atoms with Crippen LogP contribution in [0.25, 0.3) is 0 Å². The van der Waals surface area contributed by atoms with Crippen molar-refractivity contribution in [2.75, 3.05) is 137 Å². The molecule has 0 unspecified atom stereocenters. The molecule has 0 aliphatic rings. The first-order valence-electron chi connectivity index (χ1n) is 13.5. The van der Waals surface area contributed by atoms with Crippen molar-refractivity contribution in [3.8, 4) is 0 Å². The lowest BCUT2D eigenvalue weighted by Crippen LogP contribution is -2.27. The van der Waals surface area contributed by atoms with Crippen LogP contribution in [0.4, 0.5) is 0 Å². The summed E-state index contributed by atoms with van der Waals surface area (Å²) in [5.41, 5.74) is -0.506. The molecule has 0 aromatic rings. The van der Waals surface area contributed by atoms with Crippen molar-refractivity contribution in [1.29, 1.82) is 0 Å². The van der Waals surface area contributed by atoms with Crippen molar-refractivity contribution in [2.24, 2.45) is 0 Å². The molecule has 0 aliphatic carbocycles. The second-order valence-corrected chi connectivity index (χ2v) is 9.92. The second kappa shape index (κ2) is 30.8. The van der Waals surface area contributed by atoms with Gasteiger partial charge in [0.25, 0.3) is 0 Å². The second-order valence-electron chi connectivity index (χ2n) is 8.84. The van der Waals surface area contributed by atoms with E-state index in [9.17, 15) is 4.79 Å². The standard InChI is InChI=1S/C26H51IO12/c1-26(2,3)39-25(28)24-38-23-22-37-21-20-36-19-18-35-17-16-34-15-14-33-13-12-32-11-10-31-9-8-30-7-6-29-5-4-27/h4-24H2,1-3H3. The van der Waals surface area contributed by atoms with Crippen molar-refractivity contribution in [1.82, 2.24) is 0 Å². The minimum absolute atomic E-state index is 0.0790. The quantitative estimate of drug-likeness (QED) is 0.0461. The number of ether oxygens (including phenoxy) is 11. The summed E-state index contributed by atoms with van der Waals surface area (Å²) in [5.74, 6) is -0.384. The number of hydrogen-bond donors (Lipinski definition) is 0. The topological polar surface area (TPSA) is 119 Å². The van der Waals surface area contributed by atoms with Crippen LogP contribution in [-0.4, -0.2) is 148 Å². The van der Waals surface area contributed by atoms with Crippen LogP contribution in [0.15, 0.2) is 0 Å². The van der Waals surface area contributed by atoms with Gasteiger partial charge in [-0.3, -0.25) is 0 Å². The lowest BCUT2D eigenvalue weighted by molar-refractivity contribution is -0.160. The maximum atomic E-state index is 11.5. The summed E-state index contributed by atoms with van der Waals surface area (Å²) in [6, 6.07) is 0. The average Bonchev–Trinajstić information content (AvgIpc) is 2.88. The number of alkyl halides is 1. The molecule has 0 heterocycles. The van der Waals surface area contributed by atoms with Gasteiger partial charge in [-0.1, -0.05) is 22.6 Å². The van der Waals surface area contributed by atoms with E-state index in [0.29, 0.717) is 119 Å². The van der Waals surface area contributed by atoms with Crippen LogP contribution in [0, 0.1) is 0 Å². The number of esters is 1. The zero-order valence-corrected chi connectivity index (χ0v) is 26.3. The van der Waals surface area contributed by atoms with E-state index in [1.165, 1.54) is 0 Å². The molecule has 13 heteroatoms. The molecule has 12 nitrogen and oxygen atoms in total. The van der Waals surface area contributed by atoms with Gasteiger partial charge in [0, 0.05) is 4.43 Å². The fourth-order valence-electron chi connectivity index (χ4n) is 2.56. The minimum Gasteiger partial charge on any atom is -0.458 e. The molecule has 234 valence electrons. The van der Waals surface area contributed by atoms with E-state index in [2.05, 4.69) is 22.6 Å². The summed E-state index contributed by atoms with van der Waals surface area (Å²) in [6.07, 6.45) is 0. The van der Waals surface area contributed by atoms with Gasteiger partial charge in [-0.2, -0.15) is 0 Å². The van der Waals surface area contributed by atoms with Gasteiger partial charge in [-0.15, -0.1) is 0 Å². The third kappa shape index (κ3) is 35.8. The fourth-order valence-corrected chi connectivity index (χ4v) is 2.87. The van der Waals surface area contributed by atoms with Crippen molar-refractivity contribution in [2.45, 2.75) is 26.4 Å². The molecule has 0 saturated heterocycles. The fraction of sp³-hybridized carbons (Fsp3) is 0.962. The highest BCUT2D eigenvalue weighted by Crippen LogP contribution is 2.06. The van der Waals surface area contributed by atoms with Gasteiger partial charge >= 0.3 is 5.97 Å². The molecule has 0 radical (unpaired) electrons. The van der Waals surface area contributed by atoms with E-state index < -0.39 is 5.60 Å². The minimum atomic E-state index is -0.506. The highest BCUT2D eigenvalue weighted by Gasteiger charge is 2.15. The van der Waals surface area contributed by atoms with E-state index in [4.69, 9.17) is 52.1 Å². The smallest absolute Gasteiger partial charge is 0.332 e. The molecule has 0 atom stereocenters. The molecule has 0 N–H and O–H groups in total. The van der Waals surface area contributed by atoms with Crippen molar-refractivity contribution >= 4 is 28.6 Å². The number of carbonyl (C=O) groups excluding carboxylic acids is 1.